The first-order valence-electron chi connectivity index (χ1n) is 9.94. The summed E-state index contributed by atoms with van der Waals surface area (Å²) in [5, 5.41) is 0. The summed E-state index contributed by atoms with van der Waals surface area (Å²) in [6.45, 7) is 5.59. The van der Waals surface area contributed by atoms with Crippen LogP contribution in [-0.2, 0) is 19.3 Å². The van der Waals surface area contributed by atoms with E-state index in [-0.39, 0.29) is 18.2 Å². The topological polar surface area (TPSA) is 16.4 Å². The monoisotopic (exact) mass is 428 g/mol. The fourth-order valence-electron chi connectivity index (χ4n) is 3.57. The summed E-state index contributed by atoms with van der Waals surface area (Å²) in [7, 11) is 0. The van der Waals surface area contributed by atoms with Crippen molar-refractivity contribution in [2.75, 3.05) is 13.2 Å². The Morgan fingerprint density at radius 1 is 1.14 bits per heavy atom. The number of aryl methyl sites for hydroxylation is 1. The molecular formula is C22H28ClF3N2O. The van der Waals surface area contributed by atoms with Crippen molar-refractivity contribution >= 4 is 0 Å². The number of likely N-dealkylation sites (tertiary alicyclic amines) is 1. The van der Waals surface area contributed by atoms with Crippen LogP contribution in [0, 0.1) is 0 Å². The van der Waals surface area contributed by atoms with Crippen LogP contribution < -0.4 is 21.7 Å². The Morgan fingerprint density at radius 3 is 2.59 bits per heavy atom. The number of hydrogen-bond donors (Lipinski definition) is 0. The van der Waals surface area contributed by atoms with Gasteiger partial charge in [0.2, 0.25) is 0 Å². The maximum absolute atomic E-state index is 12.7. The lowest BCUT2D eigenvalue weighted by Gasteiger charge is -2.33. The van der Waals surface area contributed by atoms with Gasteiger partial charge in [0, 0.05) is 31.1 Å². The Morgan fingerprint density at radius 2 is 1.90 bits per heavy atom. The highest BCUT2D eigenvalue weighted by atomic mass is 35.5. The molecule has 3 rings (SSSR count). The van der Waals surface area contributed by atoms with Gasteiger partial charge in [0.05, 0.1) is 12.2 Å². The molecule has 1 aliphatic rings. The van der Waals surface area contributed by atoms with Gasteiger partial charge in [0.1, 0.15) is 5.75 Å². The maximum Gasteiger partial charge on any atom is 0.416 e. The van der Waals surface area contributed by atoms with E-state index in [4.69, 9.17) is 4.74 Å². The molecule has 2 aromatic rings. The van der Waals surface area contributed by atoms with Crippen molar-refractivity contribution in [3.63, 3.8) is 0 Å². The van der Waals surface area contributed by atoms with Gasteiger partial charge in [-0.3, -0.25) is 4.90 Å². The fourth-order valence-corrected chi connectivity index (χ4v) is 3.57. The summed E-state index contributed by atoms with van der Waals surface area (Å²) < 4.78 is 45.7. The number of rotatable bonds is 7. The molecule has 0 radical (unpaired) electrons. The second-order valence-corrected chi connectivity index (χ2v) is 7.49. The number of hydrogen-bond acceptors (Lipinski definition) is 2. The van der Waals surface area contributed by atoms with Crippen molar-refractivity contribution in [1.82, 2.24) is 4.90 Å². The van der Waals surface area contributed by atoms with Crippen LogP contribution in [-0.4, -0.2) is 24.1 Å². The fraction of sp³-hybridized carbons (Fsp3) is 0.500. The van der Waals surface area contributed by atoms with Crippen LogP contribution in [0.4, 0.5) is 13.2 Å². The van der Waals surface area contributed by atoms with E-state index in [0.29, 0.717) is 12.6 Å². The van der Waals surface area contributed by atoms with Crippen molar-refractivity contribution in [3.05, 3.63) is 59.9 Å². The lowest BCUT2D eigenvalue weighted by atomic mass is 10.0. The molecule has 1 aromatic heterocycles. The molecule has 3 nitrogen and oxygen atoms in total. The zero-order chi connectivity index (χ0) is 20.0. The molecule has 1 fully saturated rings. The molecule has 0 bridgehead atoms. The second kappa shape index (κ2) is 10.8. The van der Waals surface area contributed by atoms with Gasteiger partial charge in [-0.2, -0.15) is 13.2 Å². The van der Waals surface area contributed by atoms with Crippen LogP contribution in [0.1, 0.15) is 43.7 Å². The normalized spacial score (nSPS) is 17.6. The SMILES string of the molecule is CC1CCCCN1Cc1cc[n+](CCCOc2cccc(C(F)(F)F)c2)cc1.[Cl-]. The van der Waals surface area contributed by atoms with Crippen LogP contribution in [0.25, 0.3) is 0 Å². The number of nitrogens with zero attached hydrogens (tertiary/aromatic N) is 2. The summed E-state index contributed by atoms with van der Waals surface area (Å²) in [4.78, 5) is 2.53. The molecule has 2 heterocycles. The molecule has 0 saturated carbocycles. The molecule has 0 aliphatic carbocycles. The molecule has 7 heteroatoms. The first-order chi connectivity index (χ1) is 13.4. The van der Waals surface area contributed by atoms with Crippen LogP contribution in [0.5, 0.6) is 5.75 Å². The quantitative estimate of drug-likeness (QED) is 0.494. The minimum Gasteiger partial charge on any atom is -1.00 e. The molecular weight excluding hydrogens is 401 g/mol. The minimum absolute atomic E-state index is 0. The highest BCUT2D eigenvalue weighted by Crippen LogP contribution is 2.31. The first-order valence-corrected chi connectivity index (χ1v) is 9.94. The Hall–Kier alpha value is -1.79. The van der Waals surface area contributed by atoms with E-state index in [0.717, 1.165) is 31.6 Å². The summed E-state index contributed by atoms with van der Waals surface area (Å²) >= 11 is 0. The number of benzene rings is 1. The molecule has 1 aromatic carbocycles. The van der Waals surface area contributed by atoms with Gasteiger partial charge in [0.25, 0.3) is 0 Å². The van der Waals surface area contributed by atoms with Crippen LogP contribution in [0.15, 0.2) is 48.8 Å². The molecule has 29 heavy (non-hydrogen) atoms. The summed E-state index contributed by atoms with van der Waals surface area (Å²) in [6, 6.07) is 9.96. The number of aromatic nitrogens is 1. The van der Waals surface area contributed by atoms with Crippen LogP contribution in [0.3, 0.4) is 0 Å². The maximum atomic E-state index is 12.7. The van der Waals surface area contributed by atoms with Gasteiger partial charge in [-0.15, -0.1) is 0 Å². The molecule has 1 saturated heterocycles. The van der Waals surface area contributed by atoms with Crippen molar-refractivity contribution in [1.29, 1.82) is 0 Å². The molecule has 1 aliphatic heterocycles. The average molecular weight is 429 g/mol. The molecule has 0 N–H and O–H groups in total. The Balaban J connectivity index is 0.00000300. The smallest absolute Gasteiger partial charge is 0.416 e. The predicted molar refractivity (Wildman–Crippen MR) is 102 cm³/mol. The van der Waals surface area contributed by atoms with Crippen LogP contribution >= 0.6 is 0 Å². The number of piperidine rings is 1. The Bertz CT molecular complexity index is 752. The van der Waals surface area contributed by atoms with E-state index in [1.54, 1.807) is 6.07 Å². The van der Waals surface area contributed by atoms with E-state index in [1.807, 2.05) is 0 Å². The van der Waals surface area contributed by atoms with Gasteiger partial charge in [-0.1, -0.05) is 12.5 Å². The Labute approximate surface area is 176 Å². The molecule has 0 amide bonds. The summed E-state index contributed by atoms with van der Waals surface area (Å²) in [5.41, 5.74) is 0.628. The minimum atomic E-state index is -4.34. The third kappa shape index (κ3) is 7.19. The van der Waals surface area contributed by atoms with E-state index >= 15 is 0 Å². The van der Waals surface area contributed by atoms with E-state index in [1.165, 1.54) is 37.4 Å². The lowest BCUT2D eigenvalue weighted by molar-refractivity contribution is -0.697. The predicted octanol–water partition coefficient (Wildman–Crippen LogP) is 1.84. The number of ether oxygens (including phenoxy) is 1. The van der Waals surface area contributed by atoms with Gasteiger partial charge in [-0.05, 0) is 50.1 Å². The Kier molecular flexibility index (Phi) is 8.78. The molecule has 0 spiro atoms. The number of alkyl halides is 3. The third-order valence-corrected chi connectivity index (χ3v) is 5.28. The average Bonchev–Trinajstić information content (AvgIpc) is 2.68. The third-order valence-electron chi connectivity index (χ3n) is 5.28. The highest BCUT2D eigenvalue weighted by molar-refractivity contribution is 5.30. The van der Waals surface area contributed by atoms with Gasteiger partial charge < -0.3 is 17.1 Å². The summed E-state index contributed by atoms with van der Waals surface area (Å²) in [6.07, 6.45) is 4.39. The van der Waals surface area contributed by atoms with Gasteiger partial charge in [-0.25, -0.2) is 4.57 Å². The highest BCUT2D eigenvalue weighted by Gasteiger charge is 2.30. The van der Waals surface area contributed by atoms with Gasteiger partial charge >= 0.3 is 6.18 Å². The number of halogens is 4. The number of pyridine rings is 1. The lowest BCUT2D eigenvalue weighted by Crippen LogP contribution is -3.00. The van der Waals surface area contributed by atoms with E-state index in [9.17, 15) is 13.2 Å². The largest absolute Gasteiger partial charge is 1.00 e. The standard InChI is InChI=1S/C22H28F3N2O.ClH/c1-18-6-2-3-12-27(18)17-19-9-13-26(14-10-19)11-5-15-28-21-8-4-7-20(16-21)22(23,24)25;/h4,7-10,13-14,16,18H,2-3,5-6,11-12,15,17H2,1H3;1H/q+1;/p-1. The van der Waals surface area contributed by atoms with Crippen LogP contribution in [0.2, 0.25) is 0 Å². The molecule has 1 unspecified atom stereocenters. The van der Waals surface area contributed by atoms with Crippen molar-refractivity contribution < 1.29 is 34.9 Å². The van der Waals surface area contributed by atoms with E-state index < -0.39 is 11.7 Å². The van der Waals surface area contributed by atoms with E-state index in [2.05, 4.69) is 40.9 Å². The van der Waals surface area contributed by atoms with Crippen molar-refractivity contribution in [3.8, 4) is 5.75 Å². The van der Waals surface area contributed by atoms with Crippen molar-refractivity contribution in [2.45, 2.75) is 57.9 Å². The summed E-state index contributed by atoms with van der Waals surface area (Å²) in [5.74, 6) is 0.255. The molecule has 160 valence electrons. The van der Waals surface area contributed by atoms with Crippen molar-refractivity contribution in [2.24, 2.45) is 0 Å². The zero-order valence-electron chi connectivity index (χ0n) is 16.7. The first kappa shape index (κ1) is 23.5. The second-order valence-electron chi connectivity index (χ2n) is 7.49. The molecule has 1 atom stereocenters. The zero-order valence-corrected chi connectivity index (χ0v) is 17.4. The van der Waals surface area contributed by atoms with Gasteiger partial charge in [0.15, 0.2) is 18.9 Å².